The highest BCUT2D eigenvalue weighted by atomic mass is 19.1. The summed E-state index contributed by atoms with van der Waals surface area (Å²) >= 11 is 0. The van der Waals surface area contributed by atoms with E-state index in [2.05, 4.69) is 29.4 Å². The maximum atomic E-state index is 12.9. The second-order valence-corrected chi connectivity index (χ2v) is 4.12. The molecule has 1 heterocycles. The molecule has 0 radical (unpaired) electrons. The highest BCUT2D eigenvalue weighted by Gasteiger charge is 2.18. The van der Waals surface area contributed by atoms with Crippen molar-refractivity contribution in [2.45, 2.75) is 0 Å². The first kappa shape index (κ1) is 10.1. The predicted molar refractivity (Wildman–Crippen MR) is 70.9 cm³/mol. The van der Waals surface area contributed by atoms with Crippen molar-refractivity contribution in [2.24, 2.45) is 0 Å². The second kappa shape index (κ2) is 4.09. The van der Waals surface area contributed by atoms with E-state index in [1.807, 2.05) is 24.3 Å². The molecule has 0 atom stereocenters. The number of anilines is 1. The number of nitrogens with one attached hydrogen (secondary N) is 1. The number of benzene rings is 2. The van der Waals surface area contributed by atoms with Crippen molar-refractivity contribution in [3.63, 3.8) is 0 Å². The lowest BCUT2D eigenvalue weighted by atomic mass is 9.54. The Bertz CT molecular complexity index is 563. The standard InChI is InChI=1S/C14H11BFN/c16-13-7-5-12(6-8-13)15-10-9-11-3-1-2-4-14(11)17-15/h1-10,17H. The van der Waals surface area contributed by atoms with Gasteiger partial charge in [0.05, 0.1) is 0 Å². The van der Waals surface area contributed by atoms with Gasteiger partial charge in [-0.2, -0.15) is 0 Å². The summed E-state index contributed by atoms with van der Waals surface area (Å²) in [7, 11) is 0. The average molecular weight is 223 g/mol. The van der Waals surface area contributed by atoms with E-state index in [1.165, 1.54) is 17.7 Å². The van der Waals surface area contributed by atoms with Crippen molar-refractivity contribution in [3.8, 4) is 0 Å². The summed E-state index contributed by atoms with van der Waals surface area (Å²) in [6.07, 6.45) is 2.10. The van der Waals surface area contributed by atoms with E-state index in [9.17, 15) is 4.39 Å². The smallest absolute Gasteiger partial charge is 0.313 e. The molecule has 1 nitrogen and oxygen atoms in total. The third-order valence-electron chi connectivity index (χ3n) is 2.97. The summed E-state index contributed by atoms with van der Waals surface area (Å²) in [5.41, 5.74) is 3.37. The van der Waals surface area contributed by atoms with Crippen LogP contribution in [0.3, 0.4) is 0 Å². The molecule has 0 aliphatic carbocycles. The molecular formula is C14H11BFN. The van der Waals surface area contributed by atoms with E-state index in [0.29, 0.717) is 0 Å². The van der Waals surface area contributed by atoms with Crippen LogP contribution < -0.4 is 10.7 Å². The zero-order chi connectivity index (χ0) is 11.7. The van der Waals surface area contributed by atoms with Crippen LogP contribution in [0.4, 0.5) is 10.1 Å². The highest BCUT2D eigenvalue weighted by Crippen LogP contribution is 2.20. The molecule has 1 N–H and O–H groups in total. The third-order valence-corrected chi connectivity index (χ3v) is 2.97. The minimum Gasteiger partial charge on any atom is -0.420 e. The Morgan fingerprint density at radius 2 is 1.71 bits per heavy atom. The average Bonchev–Trinajstić information content (AvgIpc) is 2.39. The van der Waals surface area contributed by atoms with Crippen LogP contribution in [0.2, 0.25) is 0 Å². The molecule has 1 aliphatic rings. The van der Waals surface area contributed by atoms with Gasteiger partial charge in [-0.3, -0.25) is 0 Å². The van der Waals surface area contributed by atoms with Crippen LogP contribution in [0.15, 0.2) is 54.5 Å². The Hall–Kier alpha value is -2.03. The molecule has 0 aromatic heterocycles. The molecule has 3 rings (SSSR count). The number of hydrogen-bond acceptors (Lipinski definition) is 1. The van der Waals surface area contributed by atoms with Gasteiger partial charge in [-0.15, -0.1) is 0 Å². The lowest BCUT2D eigenvalue weighted by molar-refractivity contribution is 0.628. The summed E-state index contributed by atoms with van der Waals surface area (Å²) < 4.78 is 12.9. The van der Waals surface area contributed by atoms with Crippen molar-refractivity contribution in [1.29, 1.82) is 0 Å². The largest absolute Gasteiger partial charge is 0.420 e. The molecule has 1 aliphatic heterocycles. The van der Waals surface area contributed by atoms with Gasteiger partial charge in [-0.25, -0.2) is 4.39 Å². The highest BCUT2D eigenvalue weighted by molar-refractivity contribution is 6.81. The Balaban J connectivity index is 1.92. The Morgan fingerprint density at radius 3 is 2.53 bits per heavy atom. The zero-order valence-corrected chi connectivity index (χ0v) is 9.23. The Labute approximate surface area is 100 Å². The van der Waals surface area contributed by atoms with E-state index in [1.54, 1.807) is 0 Å². The normalized spacial score (nSPS) is 13.1. The van der Waals surface area contributed by atoms with Gasteiger partial charge in [0.15, 0.2) is 0 Å². The van der Waals surface area contributed by atoms with Crippen LogP contribution >= 0.6 is 0 Å². The molecular weight excluding hydrogens is 212 g/mol. The molecule has 0 spiro atoms. The lowest BCUT2D eigenvalue weighted by Gasteiger charge is -2.19. The molecule has 2 aromatic rings. The first-order valence-electron chi connectivity index (χ1n) is 5.62. The molecule has 0 unspecified atom stereocenters. The van der Waals surface area contributed by atoms with Gasteiger partial charge in [0, 0.05) is 5.69 Å². The fourth-order valence-electron chi connectivity index (χ4n) is 2.05. The minimum atomic E-state index is -0.200. The third kappa shape index (κ3) is 1.96. The topological polar surface area (TPSA) is 12.0 Å². The van der Waals surface area contributed by atoms with Gasteiger partial charge in [0.25, 0.3) is 0 Å². The van der Waals surface area contributed by atoms with E-state index in [-0.39, 0.29) is 12.7 Å². The molecule has 17 heavy (non-hydrogen) atoms. The van der Waals surface area contributed by atoms with Crippen molar-refractivity contribution >= 4 is 24.1 Å². The van der Waals surface area contributed by atoms with Crippen LogP contribution in [-0.4, -0.2) is 6.85 Å². The fourth-order valence-corrected chi connectivity index (χ4v) is 2.05. The molecule has 0 saturated heterocycles. The number of para-hydroxylation sites is 1. The fraction of sp³-hybridized carbons (Fsp3) is 0. The van der Waals surface area contributed by atoms with Crippen LogP contribution in [-0.2, 0) is 0 Å². The first-order chi connectivity index (χ1) is 8.33. The van der Waals surface area contributed by atoms with Crippen molar-refractivity contribution in [3.05, 3.63) is 65.9 Å². The predicted octanol–water partition coefficient (Wildman–Crippen LogP) is 2.70. The number of fused-ring (bicyclic) bond motifs is 1. The van der Waals surface area contributed by atoms with Crippen LogP contribution in [0, 0.1) is 5.82 Å². The van der Waals surface area contributed by atoms with Gasteiger partial charge in [-0.1, -0.05) is 47.8 Å². The molecule has 0 amide bonds. The number of hydrogen-bond donors (Lipinski definition) is 1. The van der Waals surface area contributed by atoms with Gasteiger partial charge < -0.3 is 5.23 Å². The lowest BCUT2D eigenvalue weighted by Crippen LogP contribution is -2.38. The molecule has 2 aromatic carbocycles. The molecule has 0 fully saturated rings. The van der Waals surface area contributed by atoms with Crippen molar-refractivity contribution in [1.82, 2.24) is 0 Å². The molecule has 0 saturated carbocycles. The van der Waals surface area contributed by atoms with Crippen LogP contribution in [0.1, 0.15) is 5.56 Å². The first-order valence-corrected chi connectivity index (χ1v) is 5.62. The summed E-state index contributed by atoms with van der Waals surface area (Å²) in [6, 6.07) is 14.7. The number of halogens is 1. The van der Waals surface area contributed by atoms with Gasteiger partial charge in [0.2, 0.25) is 0 Å². The Morgan fingerprint density at radius 1 is 0.941 bits per heavy atom. The monoisotopic (exact) mass is 223 g/mol. The van der Waals surface area contributed by atoms with E-state index in [4.69, 9.17) is 0 Å². The summed E-state index contributed by atoms with van der Waals surface area (Å²) in [6.45, 7) is 0.116. The Kier molecular flexibility index (Phi) is 2.44. The quantitative estimate of drug-likeness (QED) is 0.733. The maximum Gasteiger partial charge on any atom is 0.313 e. The minimum absolute atomic E-state index is 0.116. The second-order valence-electron chi connectivity index (χ2n) is 4.12. The van der Waals surface area contributed by atoms with Crippen LogP contribution in [0.5, 0.6) is 0 Å². The summed E-state index contributed by atoms with van der Waals surface area (Å²) in [4.78, 5) is 0. The summed E-state index contributed by atoms with van der Waals surface area (Å²) in [5, 5.41) is 3.42. The number of rotatable bonds is 1. The van der Waals surface area contributed by atoms with Gasteiger partial charge >= 0.3 is 6.85 Å². The van der Waals surface area contributed by atoms with Crippen LogP contribution in [0.25, 0.3) is 6.08 Å². The van der Waals surface area contributed by atoms with E-state index in [0.717, 1.165) is 11.2 Å². The van der Waals surface area contributed by atoms with Gasteiger partial charge in [-0.05, 0) is 23.8 Å². The van der Waals surface area contributed by atoms with E-state index < -0.39 is 0 Å². The maximum absolute atomic E-state index is 12.9. The summed E-state index contributed by atoms with van der Waals surface area (Å²) in [5.74, 6) is 1.89. The molecule has 82 valence electrons. The zero-order valence-electron chi connectivity index (χ0n) is 9.23. The van der Waals surface area contributed by atoms with Gasteiger partial charge in [0.1, 0.15) is 5.82 Å². The SMILES string of the molecule is Fc1ccc(B2C=Cc3ccccc3N2)cc1. The molecule has 0 bridgehead atoms. The van der Waals surface area contributed by atoms with Crippen molar-refractivity contribution < 1.29 is 4.39 Å². The van der Waals surface area contributed by atoms with E-state index >= 15 is 0 Å². The van der Waals surface area contributed by atoms with Crippen molar-refractivity contribution in [2.75, 3.05) is 5.23 Å². The molecule has 3 heteroatoms.